The number of nitrogens with zero attached hydrogens (tertiary/aromatic N) is 1. The Labute approximate surface area is 169 Å². The van der Waals surface area contributed by atoms with Gasteiger partial charge in [0.05, 0.1) is 0 Å². The minimum atomic E-state index is -0.512. The molecule has 0 heterocycles. The largest absolute Gasteiger partial charge is 0.354 e. The van der Waals surface area contributed by atoms with Gasteiger partial charge in [0.15, 0.2) is 0 Å². The Morgan fingerprint density at radius 1 is 0.964 bits per heavy atom. The van der Waals surface area contributed by atoms with Crippen LogP contribution in [0.25, 0.3) is 0 Å². The van der Waals surface area contributed by atoms with E-state index in [1.165, 1.54) is 0 Å². The van der Waals surface area contributed by atoms with Gasteiger partial charge in [0.2, 0.25) is 11.8 Å². The zero-order valence-corrected chi connectivity index (χ0v) is 17.4. The molecule has 0 saturated carbocycles. The van der Waals surface area contributed by atoms with E-state index in [1.807, 2.05) is 62.4 Å². The molecule has 2 aromatic rings. The molecule has 0 aliphatic carbocycles. The lowest BCUT2D eigenvalue weighted by Gasteiger charge is -2.29. The Hall–Kier alpha value is -2.62. The summed E-state index contributed by atoms with van der Waals surface area (Å²) >= 11 is 0. The molecule has 0 aliphatic heterocycles. The van der Waals surface area contributed by atoms with Crippen molar-refractivity contribution >= 4 is 11.8 Å². The highest BCUT2D eigenvalue weighted by molar-refractivity contribution is 5.87. The van der Waals surface area contributed by atoms with E-state index in [0.29, 0.717) is 31.8 Å². The molecule has 1 atom stereocenters. The molecule has 0 saturated heterocycles. The van der Waals surface area contributed by atoms with Crippen LogP contribution in [0.1, 0.15) is 43.9 Å². The SMILES string of the molecule is Cc1cccc(CN(C(=O)CCc2ccccc2)[C@H](C)C(=O)NCC(C)C)c1. The van der Waals surface area contributed by atoms with Crippen molar-refractivity contribution in [2.75, 3.05) is 6.54 Å². The van der Waals surface area contributed by atoms with E-state index in [-0.39, 0.29) is 11.8 Å². The molecule has 4 nitrogen and oxygen atoms in total. The molecule has 0 fully saturated rings. The molecular weight excluding hydrogens is 348 g/mol. The summed E-state index contributed by atoms with van der Waals surface area (Å²) in [5, 5.41) is 2.96. The van der Waals surface area contributed by atoms with Gasteiger partial charge in [0.25, 0.3) is 0 Å². The zero-order valence-electron chi connectivity index (χ0n) is 17.4. The maximum Gasteiger partial charge on any atom is 0.242 e. The molecular formula is C24H32N2O2. The first kappa shape index (κ1) is 21.7. The fourth-order valence-electron chi connectivity index (χ4n) is 3.08. The van der Waals surface area contributed by atoms with Crippen molar-refractivity contribution in [2.45, 2.75) is 53.1 Å². The molecule has 0 spiro atoms. The summed E-state index contributed by atoms with van der Waals surface area (Å²) in [5.41, 5.74) is 3.31. The number of hydrogen-bond donors (Lipinski definition) is 1. The zero-order chi connectivity index (χ0) is 20.5. The van der Waals surface area contributed by atoms with E-state index in [1.54, 1.807) is 4.90 Å². The van der Waals surface area contributed by atoms with Crippen molar-refractivity contribution in [3.05, 3.63) is 71.3 Å². The number of rotatable bonds is 9. The lowest BCUT2D eigenvalue weighted by molar-refractivity contribution is -0.140. The standard InChI is InChI=1S/C24H32N2O2/c1-18(2)16-25-24(28)20(4)26(17-22-12-8-9-19(3)15-22)23(27)14-13-21-10-6-5-7-11-21/h5-12,15,18,20H,13-14,16-17H2,1-4H3,(H,25,28)/t20-/m1/s1. The Balaban J connectivity index is 2.11. The lowest BCUT2D eigenvalue weighted by atomic mass is 10.1. The Morgan fingerprint density at radius 2 is 1.64 bits per heavy atom. The van der Waals surface area contributed by atoms with Gasteiger partial charge in [0, 0.05) is 19.5 Å². The maximum absolute atomic E-state index is 13.0. The highest BCUT2D eigenvalue weighted by atomic mass is 16.2. The summed E-state index contributed by atoms with van der Waals surface area (Å²) in [6.45, 7) is 9.00. The summed E-state index contributed by atoms with van der Waals surface area (Å²) in [4.78, 5) is 27.4. The highest BCUT2D eigenvalue weighted by Gasteiger charge is 2.25. The molecule has 150 valence electrons. The van der Waals surface area contributed by atoms with E-state index in [4.69, 9.17) is 0 Å². The van der Waals surface area contributed by atoms with E-state index >= 15 is 0 Å². The van der Waals surface area contributed by atoms with Crippen molar-refractivity contribution in [2.24, 2.45) is 5.92 Å². The molecule has 2 rings (SSSR count). The van der Waals surface area contributed by atoms with Crippen LogP contribution in [0.2, 0.25) is 0 Å². The summed E-state index contributed by atoms with van der Waals surface area (Å²) in [6.07, 6.45) is 1.06. The van der Waals surface area contributed by atoms with E-state index in [0.717, 1.165) is 16.7 Å². The van der Waals surface area contributed by atoms with Gasteiger partial charge in [-0.05, 0) is 37.3 Å². The minimum absolute atomic E-state index is 0.00226. The van der Waals surface area contributed by atoms with Gasteiger partial charge >= 0.3 is 0 Å². The van der Waals surface area contributed by atoms with Gasteiger partial charge in [-0.3, -0.25) is 9.59 Å². The van der Waals surface area contributed by atoms with Crippen LogP contribution in [0.5, 0.6) is 0 Å². The molecule has 0 bridgehead atoms. The van der Waals surface area contributed by atoms with Gasteiger partial charge in [-0.25, -0.2) is 0 Å². The van der Waals surface area contributed by atoms with Crippen LogP contribution in [0.3, 0.4) is 0 Å². The van der Waals surface area contributed by atoms with Gasteiger partial charge < -0.3 is 10.2 Å². The fraction of sp³-hybridized carbons (Fsp3) is 0.417. The van der Waals surface area contributed by atoms with E-state index < -0.39 is 6.04 Å². The van der Waals surface area contributed by atoms with Crippen molar-refractivity contribution < 1.29 is 9.59 Å². The van der Waals surface area contributed by atoms with Crippen molar-refractivity contribution in [1.82, 2.24) is 10.2 Å². The van der Waals surface area contributed by atoms with Crippen LogP contribution in [0.15, 0.2) is 54.6 Å². The van der Waals surface area contributed by atoms with Crippen LogP contribution in [-0.4, -0.2) is 29.3 Å². The first-order valence-electron chi connectivity index (χ1n) is 10.0. The third-order valence-electron chi connectivity index (χ3n) is 4.76. The van der Waals surface area contributed by atoms with E-state index in [9.17, 15) is 9.59 Å². The number of carbonyl (C=O) groups is 2. The fourth-order valence-corrected chi connectivity index (χ4v) is 3.08. The average Bonchev–Trinajstić information content (AvgIpc) is 2.68. The third kappa shape index (κ3) is 6.84. The van der Waals surface area contributed by atoms with Crippen molar-refractivity contribution in [3.63, 3.8) is 0 Å². The third-order valence-corrected chi connectivity index (χ3v) is 4.76. The number of amides is 2. The normalized spacial score (nSPS) is 11.9. The van der Waals surface area contributed by atoms with Crippen LogP contribution in [-0.2, 0) is 22.6 Å². The van der Waals surface area contributed by atoms with Gasteiger partial charge in [-0.2, -0.15) is 0 Å². The summed E-state index contributed by atoms with van der Waals surface area (Å²) in [6, 6.07) is 17.6. The topological polar surface area (TPSA) is 49.4 Å². The van der Waals surface area contributed by atoms with Gasteiger partial charge in [0.1, 0.15) is 6.04 Å². The van der Waals surface area contributed by atoms with E-state index in [2.05, 4.69) is 25.2 Å². The molecule has 28 heavy (non-hydrogen) atoms. The summed E-state index contributed by atoms with van der Waals surface area (Å²) in [5.74, 6) is 0.266. The molecule has 0 radical (unpaired) electrons. The predicted molar refractivity (Wildman–Crippen MR) is 114 cm³/mol. The molecule has 0 aliphatic rings. The first-order chi connectivity index (χ1) is 13.4. The smallest absolute Gasteiger partial charge is 0.242 e. The number of carbonyl (C=O) groups excluding carboxylic acids is 2. The minimum Gasteiger partial charge on any atom is -0.354 e. The lowest BCUT2D eigenvalue weighted by Crippen LogP contribution is -2.48. The van der Waals surface area contributed by atoms with Crippen molar-refractivity contribution in [3.8, 4) is 0 Å². The Kier molecular flexibility index (Phi) is 8.24. The summed E-state index contributed by atoms with van der Waals surface area (Å²) in [7, 11) is 0. The van der Waals surface area contributed by atoms with Gasteiger partial charge in [-0.15, -0.1) is 0 Å². The van der Waals surface area contributed by atoms with Crippen LogP contribution >= 0.6 is 0 Å². The second kappa shape index (κ2) is 10.6. The van der Waals surface area contributed by atoms with Crippen LogP contribution < -0.4 is 5.32 Å². The summed E-state index contributed by atoms with van der Waals surface area (Å²) < 4.78 is 0. The number of hydrogen-bond acceptors (Lipinski definition) is 2. The second-order valence-electron chi connectivity index (χ2n) is 7.81. The quantitative estimate of drug-likeness (QED) is 0.711. The molecule has 2 amide bonds. The maximum atomic E-state index is 13.0. The number of nitrogens with one attached hydrogen (secondary N) is 1. The van der Waals surface area contributed by atoms with Crippen LogP contribution in [0, 0.1) is 12.8 Å². The Bertz CT molecular complexity index is 771. The molecule has 4 heteroatoms. The first-order valence-corrected chi connectivity index (χ1v) is 10.0. The van der Waals surface area contributed by atoms with Crippen LogP contribution in [0.4, 0.5) is 0 Å². The monoisotopic (exact) mass is 380 g/mol. The number of aryl methyl sites for hydroxylation is 2. The molecule has 1 N–H and O–H groups in total. The van der Waals surface area contributed by atoms with Crippen molar-refractivity contribution in [1.29, 1.82) is 0 Å². The average molecular weight is 381 g/mol. The Morgan fingerprint density at radius 3 is 2.29 bits per heavy atom. The molecule has 2 aromatic carbocycles. The molecule has 0 unspecified atom stereocenters. The second-order valence-corrected chi connectivity index (χ2v) is 7.81. The van der Waals surface area contributed by atoms with Gasteiger partial charge in [-0.1, -0.05) is 74.0 Å². The number of benzene rings is 2. The molecule has 0 aromatic heterocycles. The highest BCUT2D eigenvalue weighted by Crippen LogP contribution is 2.14. The predicted octanol–water partition coefficient (Wildman–Crippen LogP) is 4.12.